The van der Waals surface area contributed by atoms with Gasteiger partial charge < -0.3 is 15.3 Å². The van der Waals surface area contributed by atoms with E-state index in [1.165, 1.54) is 12.8 Å². The van der Waals surface area contributed by atoms with Crippen LogP contribution in [0.15, 0.2) is 53.6 Å². The predicted molar refractivity (Wildman–Crippen MR) is 151 cm³/mol. The van der Waals surface area contributed by atoms with Crippen molar-refractivity contribution in [1.29, 1.82) is 0 Å². The lowest BCUT2D eigenvalue weighted by Crippen LogP contribution is -2.23. The molecule has 1 fully saturated rings. The molecule has 0 atom stereocenters. The van der Waals surface area contributed by atoms with Gasteiger partial charge in [-0.1, -0.05) is 6.07 Å². The van der Waals surface area contributed by atoms with Gasteiger partial charge in [-0.3, -0.25) is 19.1 Å². The number of aryl methyl sites for hydroxylation is 2. The fourth-order valence-electron chi connectivity index (χ4n) is 5.42. The smallest absolute Gasteiger partial charge is 0.333 e. The molecule has 194 valence electrons. The lowest BCUT2D eigenvalue weighted by atomic mass is 10.0. The number of fused-ring (bicyclic) bond motifs is 3. The van der Waals surface area contributed by atoms with Crippen LogP contribution >= 0.6 is 0 Å². The average molecular weight is 510 g/mol. The van der Waals surface area contributed by atoms with Gasteiger partial charge >= 0.3 is 5.69 Å². The molecule has 5 heterocycles. The van der Waals surface area contributed by atoms with Crippen molar-refractivity contribution in [3.63, 3.8) is 0 Å². The molecule has 0 saturated carbocycles. The molecule has 2 N–H and O–H groups in total. The summed E-state index contributed by atoms with van der Waals surface area (Å²) >= 11 is 0. The molecular formula is C29H31N7O2. The summed E-state index contributed by atoms with van der Waals surface area (Å²) in [5.74, 6) is 0.959. The maximum absolute atomic E-state index is 13.6. The minimum atomic E-state index is -0.137. The Morgan fingerprint density at radius 3 is 2.58 bits per heavy atom. The third-order valence-electron chi connectivity index (χ3n) is 7.42. The van der Waals surface area contributed by atoms with Crippen LogP contribution in [0.2, 0.25) is 0 Å². The fourth-order valence-corrected chi connectivity index (χ4v) is 5.42. The highest BCUT2D eigenvalue weighted by atomic mass is 16.3. The van der Waals surface area contributed by atoms with Crippen molar-refractivity contribution in [2.75, 3.05) is 29.9 Å². The Morgan fingerprint density at radius 2 is 1.84 bits per heavy atom. The number of benzene rings is 1. The van der Waals surface area contributed by atoms with Crippen LogP contribution in [-0.2, 0) is 13.7 Å². The number of aliphatic hydroxyl groups excluding tert-OH is 1. The van der Waals surface area contributed by atoms with Crippen molar-refractivity contribution in [3.8, 4) is 16.8 Å². The molecule has 1 saturated heterocycles. The Labute approximate surface area is 220 Å². The lowest BCUT2D eigenvalue weighted by molar-refractivity contribution is 0.277. The van der Waals surface area contributed by atoms with Crippen LogP contribution in [0.1, 0.15) is 31.2 Å². The van der Waals surface area contributed by atoms with E-state index in [0.29, 0.717) is 5.69 Å². The molecule has 4 aromatic heterocycles. The molecule has 6 rings (SSSR count). The van der Waals surface area contributed by atoms with Gasteiger partial charge in [0.25, 0.3) is 0 Å². The molecular weight excluding hydrogens is 478 g/mol. The van der Waals surface area contributed by atoms with Crippen molar-refractivity contribution in [2.24, 2.45) is 7.05 Å². The van der Waals surface area contributed by atoms with Gasteiger partial charge in [0, 0.05) is 43.8 Å². The quantitative estimate of drug-likeness (QED) is 0.354. The van der Waals surface area contributed by atoms with Gasteiger partial charge in [0.15, 0.2) is 0 Å². The number of nitrogens with zero attached hydrogens (tertiary/aromatic N) is 6. The first-order chi connectivity index (χ1) is 18.5. The van der Waals surface area contributed by atoms with Crippen LogP contribution in [0.25, 0.3) is 38.8 Å². The van der Waals surface area contributed by atoms with E-state index in [0.717, 1.165) is 75.6 Å². The Morgan fingerprint density at radius 1 is 1.03 bits per heavy atom. The Hall–Kier alpha value is -4.24. The minimum absolute atomic E-state index is 0.134. The topological polar surface area (TPSA) is 101 Å². The molecule has 0 spiro atoms. The Balaban J connectivity index is 1.55. The molecule has 38 heavy (non-hydrogen) atoms. The van der Waals surface area contributed by atoms with E-state index < -0.39 is 0 Å². The van der Waals surface area contributed by atoms with E-state index in [2.05, 4.69) is 26.3 Å². The molecule has 0 aliphatic carbocycles. The second-order valence-electron chi connectivity index (χ2n) is 9.78. The second-order valence-corrected chi connectivity index (χ2v) is 9.78. The van der Waals surface area contributed by atoms with Crippen molar-refractivity contribution in [2.45, 2.75) is 33.3 Å². The monoisotopic (exact) mass is 509 g/mol. The fraction of sp³-hybridized carbons (Fsp3) is 0.310. The summed E-state index contributed by atoms with van der Waals surface area (Å²) < 4.78 is 3.40. The van der Waals surface area contributed by atoms with Gasteiger partial charge in [0.05, 0.1) is 52.1 Å². The third-order valence-corrected chi connectivity index (χ3v) is 7.42. The van der Waals surface area contributed by atoms with E-state index >= 15 is 0 Å². The number of pyridine rings is 3. The molecule has 1 aromatic carbocycles. The van der Waals surface area contributed by atoms with Gasteiger partial charge in [-0.2, -0.15) is 0 Å². The molecule has 0 radical (unpaired) electrons. The molecule has 0 bridgehead atoms. The Bertz CT molecular complexity index is 1730. The minimum Gasteiger partial charge on any atom is -0.390 e. The summed E-state index contributed by atoms with van der Waals surface area (Å²) in [4.78, 5) is 29.9. The van der Waals surface area contributed by atoms with E-state index in [1.54, 1.807) is 28.6 Å². The summed E-state index contributed by atoms with van der Waals surface area (Å²) in [7, 11) is 1.78. The van der Waals surface area contributed by atoms with Crippen LogP contribution in [0.5, 0.6) is 0 Å². The summed E-state index contributed by atoms with van der Waals surface area (Å²) in [5, 5.41) is 13.8. The van der Waals surface area contributed by atoms with Crippen LogP contribution < -0.4 is 15.9 Å². The normalized spacial score (nSPS) is 13.6. The van der Waals surface area contributed by atoms with Gasteiger partial charge in [-0.25, -0.2) is 9.78 Å². The van der Waals surface area contributed by atoms with Gasteiger partial charge in [-0.15, -0.1) is 0 Å². The molecule has 9 heteroatoms. The van der Waals surface area contributed by atoms with Crippen LogP contribution in [0, 0.1) is 6.92 Å². The highest BCUT2D eigenvalue weighted by Crippen LogP contribution is 2.32. The number of nitrogens with one attached hydrogen (secondary N) is 1. The van der Waals surface area contributed by atoms with Gasteiger partial charge in [-0.05, 0) is 62.6 Å². The lowest BCUT2D eigenvalue weighted by Gasteiger charge is -2.18. The highest BCUT2D eigenvalue weighted by molar-refractivity contribution is 6.04. The number of hydrogen-bond donors (Lipinski definition) is 2. The van der Waals surface area contributed by atoms with Crippen LogP contribution in [0.3, 0.4) is 0 Å². The SMILES string of the molecule is CCNc1cc(-c2ccc3ncc4c(c3c2)n(-c2ccc(N3CCCC3)nc2C)c(=O)n4C)cnc1CO. The zero-order valence-electron chi connectivity index (χ0n) is 21.9. The number of hydrogen-bond acceptors (Lipinski definition) is 7. The van der Waals surface area contributed by atoms with E-state index in [-0.39, 0.29) is 12.3 Å². The zero-order chi connectivity index (χ0) is 26.4. The van der Waals surface area contributed by atoms with Crippen molar-refractivity contribution in [3.05, 3.63) is 70.7 Å². The van der Waals surface area contributed by atoms with E-state index in [1.807, 2.05) is 44.2 Å². The molecule has 0 unspecified atom stereocenters. The number of imidazole rings is 1. The van der Waals surface area contributed by atoms with Crippen molar-refractivity contribution in [1.82, 2.24) is 24.1 Å². The maximum Gasteiger partial charge on any atom is 0.333 e. The van der Waals surface area contributed by atoms with Gasteiger partial charge in [0.2, 0.25) is 0 Å². The molecule has 9 nitrogen and oxygen atoms in total. The first kappa shape index (κ1) is 24.1. The second kappa shape index (κ2) is 9.57. The average Bonchev–Trinajstić information content (AvgIpc) is 3.56. The molecule has 1 aliphatic rings. The van der Waals surface area contributed by atoms with Crippen molar-refractivity contribution >= 4 is 33.4 Å². The zero-order valence-corrected chi connectivity index (χ0v) is 21.9. The summed E-state index contributed by atoms with van der Waals surface area (Å²) in [6.45, 7) is 6.60. The standard InChI is InChI=1S/C29H31N7O2/c1-4-30-23-14-20(15-31-24(23)17-37)19-7-8-22-21(13-19)28-26(16-32-22)34(3)29(38)36(28)25-9-10-27(33-18(25)2)35-11-5-6-12-35/h7-10,13-16,30,37H,4-6,11-12,17H2,1-3H3. The van der Waals surface area contributed by atoms with E-state index in [4.69, 9.17) is 4.98 Å². The molecule has 1 aliphatic heterocycles. The number of rotatable bonds is 6. The predicted octanol–water partition coefficient (Wildman–Crippen LogP) is 4.17. The summed E-state index contributed by atoms with van der Waals surface area (Å²) in [6, 6.07) is 12.1. The first-order valence-electron chi connectivity index (χ1n) is 13.1. The van der Waals surface area contributed by atoms with Crippen molar-refractivity contribution < 1.29 is 5.11 Å². The number of aliphatic hydroxyl groups is 1. The van der Waals surface area contributed by atoms with Gasteiger partial charge in [0.1, 0.15) is 5.82 Å². The molecule has 0 amide bonds. The van der Waals surface area contributed by atoms with Crippen LogP contribution in [0.4, 0.5) is 11.5 Å². The van der Waals surface area contributed by atoms with E-state index in [9.17, 15) is 9.90 Å². The summed E-state index contributed by atoms with van der Waals surface area (Å²) in [6.07, 6.45) is 5.89. The van der Waals surface area contributed by atoms with Crippen LogP contribution in [-0.4, -0.2) is 48.8 Å². The number of aromatic nitrogens is 5. The summed E-state index contributed by atoms with van der Waals surface area (Å²) in [5.41, 5.74) is 7.07. The first-order valence-corrected chi connectivity index (χ1v) is 13.1. The Kier molecular flexibility index (Phi) is 6.07. The largest absolute Gasteiger partial charge is 0.390 e. The maximum atomic E-state index is 13.6. The third kappa shape index (κ3) is 3.90. The highest BCUT2D eigenvalue weighted by Gasteiger charge is 2.20. The molecule has 5 aromatic rings. The number of anilines is 2.